The van der Waals surface area contributed by atoms with Crippen LogP contribution in [0.25, 0.3) is 0 Å². The van der Waals surface area contributed by atoms with E-state index in [4.69, 9.17) is 0 Å². The summed E-state index contributed by atoms with van der Waals surface area (Å²) in [7, 11) is 0. The first-order valence-corrected chi connectivity index (χ1v) is 8.48. The highest BCUT2D eigenvalue weighted by molar-refractivity contribution is 6.64. The van der Waals surface area contributed by atoms with Gasteiger partial charge in [-0.15, -0.1) is 0 Å². The molecule has 0 amide bonds. The molecule has 0 N–H and O–H groups in total. The van der Waals surface area contributed by atoms with Gasteiger partial charge in [-0.25, -0.2) is 0 Å². The maximum atomic E-state index is 2.65. The minimum Gasteiger partial charge on any atom is -0.0848 e. The summed E-state index contributed by atoms with van der Waals surface area (Å²) >= 11 is 0. The zero-order valence-corrected chi connectivity index (χ0v) is 11.9. The fraction of sp³-hybridized carbons (Fsp3) is 0.882. The van der Waals surface area contributed by atoms with Gasteiger partial charge in [0.15, 0.2) is 0 Å². The molecule has 3 atom stereocenters. The Balaban J connectivity index is 1.60. The van der Waals surface area contributed by atoms with Crippen LogP contribution in [0.15, 0.2) is 12.2 Å². The van der Waals surface area contributed by atoms with Gasteiger partial charge in [-0.1, -0.05) is 75.1 Å². The van der Waals surface area contributed by atoms with Crippen LogP contribution < -0.4 is 0 Å². The molecule has 3 unspecified atom stereocenters. The summed E-state index contributed by atoms with van der Waals surface area (Å²) < 4.78 is 0. The Hall–Kier alpha value is -0.195. The van der Waals surface area contributed by atoms with Crippen molar-refractivity contribution in [2.45, 2.75) is 82.2 Å². The molecule has 18 heavy (non-hydrogen) atoms. The molecule has 0 aromatic rings. The fourth-order valence-corrected chi connectivity index (χ4v) is 6.28. The summed E-state index contributed by atoms with van der Waals surface area (Å²) in [6.45, 7) is 3.70. The van der Waals surface area contributed by atoms with Gasteiger partial charge in [0.25, 0.3) is 0 Å². The summed E-state index contributed by atoms with van der Waals surface area (Å²) in [6, 6.07) is 0. The van der Waals surface area contributed by atoms with Gasteiger partial charge in [0.05, 0.1) is 0 Å². The molecule has 2 heterocycles. The van der Waals surface area contributed by atoms with Crippen LogP contribution in [0.5, 0.6) is 0 Å². The number of allylic oxidation sites excluding steroid dienone is 2. The first kappa shape index (κ1) is 11.6. The van der Waals surface area contributed by atoms with Crippen LogP contribution in [0, 0.1) is 11.3 Å². The predicted octanol–water partition coefficient (Wildman–Crippen LogP) is 5.34. The summed E-state index contributed by atoms with van der Waals surface area (Å²) in [6.07, 6.45) is 19.0. The Bertz CT molecular complexity index is 339. The van der Waals surface area contributed by atoms with E-state index in [1.165, 1.54) is 32.1 Å². The molecule has 3 fully saturated rings. The first-order valence-electron chi connectivity index (χ1n) is 8.48. The lowest BCUT2D eigenvalue weighted by atomic mass is 9.20. The number of rotatable bonds is 2. The smallest absolute Gasteiger partial charge is 0.0848 e. The molecular weight excluding hydrogens is 215 g/mol. The van der Waals surface area contributed by atoms with Crippen LogP contribution in [0.1, 0.15) is 64.7 Å². The van der Waals surface area contributed by atoms with Crippen LogP contribution >= 0.6 is 0 Å². The van der Waals surface area contributed by atoms with Gasteiger partial charge in [-0.3, -0.25) is 0 Å². The van der Waals surface area contributed by atoms with Gasteiger partial charge in [-0.05, 0) is 30.6 Å². The second-order valence-electron chi connectivity index (χ2n) is 7.84. The summed E-state index contributed by atoms with van der Waals surface area (Å²) in [5.74, 6) is 4.11. The summed E-state index contributed by atoms with van der Waals surface area (Å²) in [5.41, 5.74) is 0.639. The molecule has 1 heteroatoms. The summed E-state index contributed by atoms with van der Waals surface area (Å²) in [5, 5.41) is 0. The van der Waals surface area contributed by atoms with Crippen molar-refractivity contribution in [1.29, 1.82) is 0 Å². The Kier molecular flexibility index (Phi) is 2.68. The minimum absolute atomic E-state index is 0.639. The highest BCUT2D eigenvalue weighted by Crippen LogP contribution is 2.61. The fourth-order valence-electron chi connectivity index (χ4n) is 6.28. The largest absolute Gasteiger partial charge is 0.150 e. The monoisotopic (exact) mass is 242 g/mol. The van der Waals surface area contributed by atoms with Gasteiger partial charge in [0, 0.05) is 0 Å². The van der Waals surface area contributed by atoms with Crippen molar-refractivity contribution in [2.75, 3.05) is 0 Å². The van der Waals surface area contributed by atoms with E-state index < -0.39 is 0 Å². The quantitative estimate of drug-likeness (QED) is 0.453. The first-order chi connectivity index (χ1) is 8.78. The molecular formula is C17H27B. The van der Waals surface area contributed by atoms with Crippen LogP contribution in [0.3, 0.4) is 0 Å². The second kappa shape index (κ2) is 4.15. The van der Waals surface area contributed by atoms with Gasteiger partial charge in [0.1, 0.15) is 6.71 Å². The molecule has 0 spiro atoms. The van der Waals surface area contributed by atoms with Crippen molar-refractivity contribution in [3.05, 3.63) is 12.2 Å². The second-order valence-corrected chi connectivity index (χ2v) is 7.84. The Morgan fingerprint density at radius 1 is 1.06 bits per heavy atom. The van der Waals surface area contributed by atoms with Crippen LogP contribution in [0.2, 0.25) is 17.5 Å². The Morgan fingerprint density at radius 2 is 1.72 bits per heavy atom. The highest BCUT2D eigenvalue weighted by atomic mass is 14.5. The van der Waals surface area contributed by atoms with Gasteiger partial charge < -0.3 is 0 Å². The number of hydrogen-bond donors (Lipinski definition) is 0. The lowest BCUT2D eigenvalue weighted by Crippen LogP contribution is -2.42. The van der Waals surface area contributed by atoms with Gasteiger partial charge >= 0.3 is 0 Å². The van der Waals surface area contributed by atoms with E-state index in [0.29, 0.717) is 5.41 Å². The zero-order valence-electron chi connectivity index (χ0n) is 11.9. The van der Waals surface area contributed by atoms with Crippen molar-refractivity contribution in [2.24, 2.45) is 11.3 Å². The van der Waals surface area contributed by atoms with Crippen molar-refractivity contribution in [1.82, 2.24) is 0 Å². The molecule has 2 aliphatic carbocycles. The third-order valence-corrected chi connectivity index (χ3v) is 7.20. The van der Waals surface area contributed by atoms with Crippen LogP contribution in [0.4, 0.5) is 0 Å². The maximum Gasteiger partial charge on any atom is 0.150 e. The topological polar surface area (TPSA) is 0 Å². The predicted molar refractivity (Wildman–Crippen MR) is 79.3 cm³/mol. The molecule has 2 saturated heterocycles. The Labute approximate surface area is 113 Å². The standard InChI is InChI=1S/C17H27B/c1-13(17-10-8-14(12-17)9-11-17)18-15-4-2-5-16(18)7-3-6-15/h8,10,13-16H,2-7,9,11-12H2,1H3. The third kappa shape index (κ3) is 1.58. The molecule has 0 aromatic heterocycles. The number of fused-ring (bicyclic) bond motifs is 4. The van der Waals surface area contributed by atoms with E-state index in [-0.39, 0.29) is 0 Å². The minimum atomic E-state index is 0.639. The molecule has 1 saturated carbocycles. The average Bonchev–Trinajstić information content (AvgIpc) is 2.98. The lowest BCUT2D eigenvalue weighted by Gasteiger charge is -2.48. The van der Waals surface area contributed by atoms with E-state index in [2.05, 4.69) is 19.1 Å². The molecule has 0 radical (unpaired) electrons. The van der Waals surface area contributed by atoms with E-state index in [1.807, 2.05) is 0 Å². The van der Waals surface area contributed by atoms with Crippen LogP contribution in [-0.2, 0) is 0 Å². The van der Waals surface area contributed by atoms with E-state index in [0.717, 1.165) is 30.1 Å². The van der Waals surface area contributed by atoms with Crippen molar-refractivity contribution < 1.29 is 0 Å². The van der Waals surface area contributed by atoms with E-state index in [9.17, 15) is 0 Å². The van der Waals surface area contributed by atoms with Crippen molar-refractivity contribution in [3.63, 3.8) is 0 Å². The Morgan fingerprint density at radius 3 is 2.17 bits per heavy atom. The zero-order chi connectivity index (χ0) is 12.2. The molecule has 4 aliphatic rings. The summed E-state index contributed by atoms with van der Waals surface area (Å²) in [4.78, 5) is 0. The lowest BCUT2D eigenvalue weighted by molar-refractivity contribution is 0.353. The molecule has 0 nitrogen and oxygen atoms in total. The SMILES string of the molecule is CC(B1C2CCCC1CCC2)C12C=CC(CC1)C2. The van der Waals surface area contributed by atoms with E-state index in [1.54, 1.807) is 25.7 Å². The molecule has 4 bridgehead atoms. The third-order valence-electron chi connectivity index (χ3n) is 7.20. The molecule has 98 valence electrons. The highest BCUT2D eigenvalue weighted by Gasteiger charge is 2.52. The van der Waals surface area contributed by atoms with Crippen LogP contribution in [-0.4, -0.2) is 6.71 Å². The molecule has 4 rings (SSSR count). The maximum absolute atomic E-state index is 2.65. The van der Waals surface area contributed by atoms with Gasteiger partial charge in [-0.2, -0.15) is 0 Å². The molecule has 2 aliphatic heterocycles. The van der Waals surface area contributed by atoms with E-state index >= 15 is 0 Å². The molecule has 0 aromatic carbocycles. The van der Waals surface area contributed by atoms with Gasteiger partial charge in [0.2, 0.25) is 0 Å². The van der Waals surface area contributed by atoms with Crippen molar-refractivity contribution in [3.8, 4) is 0 Å². The average molecular weight is 242 g/mol. The number of hydrogen-bond acceptors (Lipinski definition) is 0. The normalized spacial score (nSPS) is 47.6. The van der Waals surface area contributed by atoms with Crippen molar-refractivity contribution >= 4 is 6.71 Å².